The van der Waals surface area contributed by atoms with Gasteiger partial charge in [-0.3, -0.25) is 23.4 Å². The molecule has 4 atom stereocenters. The second-order valence-corrected chi connectivity index (χ2v) is 16.1. The van der Waals surface area contributed by atoms with Gasteiger partial charge in [0.2, 0.25) is 0 Å². The fourth-order valence-corrected chi connectivity index (χ4v) is 6.17. The van der Waals surface area contributed by atoms with Crippen LogP contribution in [-0.2, 0) is 37.5 Å². The molecule has 0 aromatic heterocycles. The van der Waals surface area contributed by atoms with Crippen LogP contribution >= 0.6 is 7.82 Å². The molecule has 5 N–H and O–H groups in total. The molecule has 0 heterocycles. The zero-order chi connectivity index (χ0) is 45.1. The van der Waals surface area contributed by atoms with Crippen molar-refractivity contribution in [3.05, 3.63) is 97.2 Å². The molecule has 0 fully saturated rings. The van der Waals surface area contributed by atoms with Gasteiger partial charge in [0, 0.05) is 12.8 Å². The van der Waals surface area contributed by atoms with E-state index in [1.807, 2.05) is 12.2 Å². The molecule has 12 nitrogen and oxygen atoms in total. The van der Waals surface area contributed by atoms with E-state index in [0.717, 1.165) is 64.2 Å². The second-order valence-electron chi connectivity index (χ2n) is 14.6. The molecule has 0 rings (SSSR count). The predicted molar refractivity (Wildman–Crippen MR) is 246 cm³/mol. The minimum atomic E-state index is -4.78. The van der Waals surface area contributed by atoms with E-state index in [2.05, 4.69) is 91.3 Å². The highest BCUT2D eigenvalue weighted by atomic mass is 31.2. The lowest BCUT2D eigenvalue weighted by atomic mass is 10.1. The Balaban J connectivity index is 4.61. The van der Waals surface area contributed by atoms with Gasteiger partial charge in [-0.2, -0.15) is 0 Å². The van der Waals surface area contributed by atoms with Gasteiger partial charge in [0.25, 0.3) is 0 Å². The second kappa shape index (κ2) is 41.7. The van der Waals surface area contributed by atoms with Crippen LogP contribution in [0.25, 0.3) is 0 Å². The zero-order valence-corrected chi connectivity index (χ0v) is 38.0. The van der Waals surface area contributed by atoms with Crippen molar-refractivity contribution in [2.45, 2.75) is 167 Å². The fourth-order valence-electron chi connectivity index (χ4n) is 5.39. The standard InChI is InChI=1S/C48H78NO11P/c1-3-5-7-9-11-13-15-17-18-19-20-21-22-24-26-28-30-32-34-38-47(52)60-44(41-58-61(55,56)59-42-45(49)48(53)54)40-57-46(51)39-35-37-43(50)36-33-31-29-27-25-23-16-14-12-10-8-6-4-2/h5,7,11,13,17-18,20-21,23-26,29,31,33,36,43-45,50H,3-4,6,8-10,12,14-16,19,22,27-28,30,32,34-35,37-42,49H2,1-2H3,(H,53,54)(H,55,56)/b7-5-,13-11-,18-17-,21-20-,25-23+,26-24-,31-29+,36-33+/t43?,44-,45+/m1/s1. The molecule has 0 saturated carbocycles. The van der Waals surface area contributed by atoms with Crippen molar-refractivity contribution in [1.82, 2.24) is 0 Å². The third kappa shape index (κ3) is 41.5. The topological polar surface area (TPSA) is 192 Å². The normalized spacial score (nSPS) is 15.1. The molecular weight excluding hydrogens is 797 g/mol. The number of phosphoric acid groups is 1. The zero-order valence-electron chi connectivity index (χ0n) is 37.1. The van der Waals surface area contributed by atoms with Crippen LogP contribution in [0.1, 0.15) is 149 Å². The molecule has 0 bridgehead atoms. The smallest absolute Gasteiger partial charge is 0.472 e. The van der Waals surface area contributed by atoms with E-state index >= 15 is 0 Å². The summed E-state index contributed by atoms with van der Waals surface area (Å²) in [4.78, 5) is 46.0. The summed E-state index contributed by atoms with van der Waals surface area (Å²) in [5.41, 5.74) is 5.32. The maximum Gasteiger partial charge on any atom is 0.472 e. The Kier molecular flexibility index (Phi) is 39.2. The molecule has 0 amide bonds. The number of unbranched alkanes of at least 4 members (excludes halogenated alkanes) is 9. The molecular formula is C48H78NO11P. The first-order valence-corrected chi connectivity index (χ1v) is 23.9. The van der Waals surface area contributed by atoms with Crippen LogP contribution in [0.5, 0.6) is 0 Å². The minimum Gasteiger partial charge on any atom is -0.480 e. The number of aliphatic hydroxyl groups excluding tert-OH is 1. The molecule has 61 heavy (non-hydrogen) atoms. The van der Waals surface area contributed by atoms with E-state index in [1.165, 1.54) is 38.5 Å². The van der Waals surface area contributed by atoms with Crippen molar-refractivity contribution in [3.8, 4) is 0 Å². The largest absolute Gasteiger partial charge is 0.480 e. The predicted octanol–water partition coefficient (Wildman–Crippen LogP) is 11.0. The SMILES string of the molecule is CC/C=C\C/C=C\C/C=C\C/C=C\C/C=C\CCCCCC(=O)O[C@H](COC(=O)CCCC(O)/C=C/C=C/C/C=C/CCCCCCCC)COP(=O)(O)OC[C@H](N)C(=O)O. The third-order valence-corrected chi connectivity index (χ3v) is 9.87. The molecule has 0 spiro atoms. The lowest BCUT2D eigenvalue weighted by Gasteiger charge is -2.20. The average molecular weight is 876 g/mol. The summed E-state index contributed by atoms with van der Waals surface area (Å²) in [6, 6.07) is -1.56. The summed E-state index contributed by atoms with van der Waals surface area (Å²) in [5.74, 6) is -2.65. The number of hydrogen-bond donors (Lipinski definition) is 4. The first-order valence-electron chi connectivity index (χ1n) is 22.4. The summed E-state index contributed by atoms with van der Waals surface area (Å²) >= 11 is 0. The fraction of sp³-hybridized carbons (Fsp3) is 0.604. The number of carbonyl (C=O) groups is 3. The van der Waals surface area contributed by atoms with Gasteiger partial charge in [-0.15, -0.1) is 0 Å². The molecule has 2 unspecified atom stereocenters. The van der Waals surface area contributed by atoms with Crippen LogP contribution in [0, 0.1) is 0 Å². The summed E-state index contributed by atoms with van der Waals surface area (Å²) in [6.45, 7) is 2.44. The average Bonchev–Trinajstić information content (AvgIpc) is 3.23. The molecule has 0 saturated heterocycles. The van der Waals surface area contributed by atoms with E-state index in [4.69, 9.17) is 24.8 Å². The van der Waals surface area contributed by atoms with Gasteiger partial charge in [0.15, 0.2) is 6.10 Å². The number of hydrogen-bond acceptors (Lipinski definition) is 10. The summed E-state index contributed by atoms with van der Waals surface area (Å²) in [6.07, 6.45) is 49.3. The lowest BCUT2D eigenvalue weighted by molar-refractivity contribution is -0.161. The van der Waals surface area contributed by atoms with Crippen LogP contribution < -0.4 is 5.73 Å². The van der Waals surface area contributed by atoms with Gasteiger partial charge >= 0.3 is 25.7 Å². The van der Waals surface area contributed by atoms with Crippen molar-refractivity contribution < 1.29 is 52.6 Å². The molecule has 0 aromatic carbocycles. The van der Waals surface area contributed by atoms with Gasteiger partial charge in [-0.05, 0) is 83.5 Å². The van der Waals surface area contributed by atoms with Crippen molar-refractivity contribution in [2.75, 3.05) is 19.8 Å². The first kappa shape index (κ1) is 57.4. The van der Waals surface area contributed by atoms with Crippen molar-refractivity contribution >= 4 is 25.7 Å². The quantitative estimate of drug-likeness (QED) is 0.0150. The maximum absolute atomic E-state index is 12.6. The van der Waals surface area contributed by atoms with E-state index in [-0.39, 0.29) is 12.8 Å². The van der Waals surface area contributed by atoms with E-state index in [1.54, 1.807) is 12.2 Å². The van der Waals surface area contributed by atoms with Gasteiger partial charge in [-0.1, -0.05) is 150 Å². The number of carboxylic acids is 1. The molecule has 0 aromatic rings. The highest BCUT2D eigenvalue weighted by Crippen LogP contribution is 2.43. The van der Waals surface area contributed by atoms with Crippen LogP contribution in [0.4, 0.5) is 0 Å². The van der Waals surface area contributed by atoms with Gasteiger partial charge in [0.1, 0.15) is 12.6 Å². The Labute approximate surface area is 367 Å². The van der Waals surface area contributed by atoms with Crippen LogP contribution in [0.3, 0.4) is 0 Å². The molecule has 0 aliphatic heterocycles. The molecule has 0 aliphatic carbocycles. The Morgan fingerprint density at radius 1 is 0.607 bits per heavy atom. The van der Waals surface area contributed by atoms with E-state index in [9.17, 15) is 28.9 Å². The molecule has 346 valence electrons. The number of carboxylic acid groups (broad SMARTS) is 1. The van der Waals surface area contributed by atoms with Crippen molar-refractivity contribution in [3.63, 3.8) is 0 Å². The number of carbonyl (C=O) groups excluding carboxylic acids is 2. The molecule has 13 heteroatoms. The number of aliphatic hydroxyl groups is 1. The number of phosphoric ester groups is 1. The van der Waals surface area contributed by atoms with E-state index in [0.29, 0.717) is 19.3 Å². The number of aliphatic carboxylic acids is 1. The van der Waals surface area contributed by atoms with Gasteiger partial charge < -0.3 is 30.3 Å². The highest BCUT2D eigenvalue weighted by molar-refractivity contribution is 7.47. The monoisotopic (exact) mass is 876 g/mol. The van der Waals surface area contributed by atoms with E-state index < -0.39 is 63.8 Å². The Morgan fingerprint density at radius 2 is 1.11 bits per heavy atom. The van der Waals surface area contributed by atoms with Crippen molar-refractivity contribution in [2.24, 2.45) is 5.73 Å². The Morgan fingerprint density at radius 3 is 1.70 bits per heavy atom. The number of nitrogens with two attached hydrogens (primary N) is 1. The Bertz CT molecular complexity index is 1420. The van der Waals surface area contributed by atoms with Gasteiger partial charge in [0.05, 0.1) is 19.3 Å². The number of esters is 2. The van der Waals surface area contributed by atoms with Gasteiger partial charge in [-0.25, -0.2) is 4.57 Å². The highest BCUT2D eigenvalue weighted by Gasteiger charge is 2.28. The van der Waals surface area contributed by atoms with Crippen LogP contribution in [0.15, 0.2) is 97.2 Å². The summed E-state index contributed by atoms with van der Waals surface area (Å²) in [5, 5.41) is 19.2. The van der Waals surface area contributed by atoms with Crippen LogP contribution in [-0.4, -0.2) is 71.1 Å². The third-order valence-electron chi connectivity index (χ3n) is 8.92. The first-order chi connectivity index (χ1) is 29.5. The molecule has 0 aliphatic rings. The minimum absolute atomic E-state index is 0.0156. The molecule has 0 radical (unpaired) electrons. The number of allylic oxidation sites excluding steroid dienone is 15. The lowest BCUT2D eigenvalue weighted by Crippen LogP contribution is -2.34. The number of ether oxygens (including phenoxy) is 2. The van der Waals surface area contributed by atoms with Crippen molar-refractivity contribution in [1.29, 1.82) is 0 Å². The maximum atomic E-state index is 12.6. The Hall–Kier alpha value is -3.64. The summed E-state index contributed by atoms with van der Waals surface area (Å²) < 4.78 is 32.5. The van der Waals surface area contributed by atoms with Crippen LogP contribution in [0.2, 0.25) is 0 Å². The number of rotatable bonds is 40. The summed E-state index contributed by atoms with van der Waals surface area (Å²) in [7, 11) is -4.78.